The highest BCUT2D eigenvalue weighted by atomic mass is 79.9. The quantitative estimate of drug-likeness (QED) is 0.775. The van der Waals surface area contributed by atoms with E-state index in [-0.39, 0.29) is 5.88 Å². The van der Waals surface area contributed by atoms with E-state index in [1.165, 1.54) is 6.07 Å². The SMILES string of the molecule is Cc1cc(Oc2ccc(C(F)(F)F)cn2)ccc1Br. The summed E-state index contributed by atoms with van der Waals surface area (Å²) in [6.07, 6.45) is -3.64. The monoisotopic (exact) mass is 331 g/mol. The van der Waals surface area contributed by atoms with Crippen molar-refractivity contribution in [3.05, 3.63) is 52.1 Å². The molecule has 0 fully saturated rings. The second-order valence-corrected chi connectivity index (χ2v) is 4.75. The number of aromatic nitrogens is 1. The Balaban J connectivity index is 2.17. The number of halogens is 4. The number of aryl methyl sites for hydroxylation is 1. The van der Waals surface area contributed by atoms with Crippen LogP contribution in [0.4, 0.5) is 13.2 Å². The molecule has 6 heteroatoms. The van der Waals surface area contributed by atoms with Crippen LogP contribution < -0.4 is 4.74 Å². The molecule has 2 rings (SSSR count). The van der Waals surface area contributed by atoms with Gasteiger partial charge in [-0.3, -0.25) is 0 Å². The minimum Gasteiger partial charge on any atom is -0.439 e. The molecule has 0 amide bonds. The summed E-state index contributed by atoms with van der Waals surface area (Å²) in [6.45, 7) is 1.89. The summed E-state index contributed by atoms with van der Waals surface area (Å²) in [5, 5.41) is 0. The van der Waals surface area contributed by atoms with Gasteiger partial charge in [0.1, 0.15) is 5.75 Å². The molecule has 19 heavy (non-hydrogen) atoms. The topological polar surface area (TPSA) is 22.1 Å². The normalized spacial score (nSPS) is 11.4. The van der Waals surface area contributed by atoms with Gasteiger partial charge in [0.15, 0.2) is 0 Å². The maximum absolute atomic E-state index is 12.4. The molecular formula is C13H9BrF3NO. The number of nitrogens with zero attached hydrogens (tertiary/aromatic N) is 1. The smallest absolute Gasteiger partial charge is 0.417 e. The molecule has 100 valence electrons. The van der Waals surface area contributed by atoms with E-state index in [0.29, 0.717) is 5.75 Å². The van der Waals surface area contributed by atoms with Crippen LogP contribution in [0.3, 0.4) is 0 Å². The first kappa shape index (κ1) is 13.9. The fraction of sp³-hybridized carbons (Fsp3) is 0.154. The van der Waals surface area contributed by atoms with Crippen molar-refractivity contribution in [3.8, 4) is 11.6 Å². The number of pyridine rings is 1. The van der Waals surface area contributed by atoms with Crippen LogP contribution in [0, 0.1) is 6.92 Å². The van der Waals surface area contributed by atoms with Crippen molar-refractivity contribution in [1.82, 2.24) is 4.98 Å². The van der Waals surface area contributed by atoms with Crippen molar-refractivity contribution in [2.75, 3.05) is 0 Å². The predicted octanol–water partition coefficient (Wildman–Crippen LogP) is 4.96. The Kier molecular flexibility index (Phi) is 3.80. The molecule has 0 aliphatic carbocycles. The van der Waals surface area contributed by atoms with Gasteiger partial charge in [0.05, 0.1) is 5.56 Å². The summed E-state index contributed by atoms with van der Waals surface area (Å²) in [5.41, 5.74) is 0.163. The van der Waals surface area contributed by atoms with E-state index >= 15 is 0 Å². The van der Waals surface area contributed by atoms with Crippen LogP contribution in [0.2, 0.25) is 0 Å². The Hall–Kier alpha value is -1.56. The molecule has 0 N–H and O–H groups in total. The summed E-state index contributed by atoms with van der Waals surface area (Å²) in [7, 11) is 0. The van der Waals surface area contributed by atoms with E-state index in [9.17, 15) is 13.2 Å². The van der Waals surface area contributed by atoms with Crippen LogP contribution in [-0.2, 0) is 6.18 Å². The average Bonchev–Trinajstić information content (AvgIpc) is 2.33. The van der Waals surface area contributed by atoms with Gasteiger partial charge in [-0.1, -0.05) is 15.9 Å². The van der Waals surface area contributed by atoms with Gasteiger partial charge in [0, 0.05) is 16.7 Å². The Bertz CT molecular complexity index is 581. The van der Waals surface area contributed by atoms with E-state index in [2.05, 4.69) is 20.9 Å². The van der Waals surface area contributed by atoms with E-state index < -0.39 is 11.7 Å². The van der Waals surface area contributed by atoms with E-state index in [0.717, 1.165) is 22.3 Å². The van der Waals surface area contributed by atoms with Crippen LogP contribution in [0.15, 0.2) is 41.0 Å². The van der Waals surface area contributed by atoms with Crippen LogP contribution in [0.5, 0.6) is 11.6 Å². The lowest BCUT2D eigenvalue weighted by atomic mass is 10.2. The van der Waals surface area contributed by atoms with Crippen molar-refractivity contribution in [3.63, 3.8) is 0 Å². The number of hydrogen-bond acceptors (Lipinski definition) is 2. The molecule has 0 bridgehead atoms. The zero-order valence-electron chi connectivity index (χ0n) is 9.83. The third-order valence-electron chi connectivity index (χ3n) is 2.42. The molecule has 0 aliphatic heterocycles. The number of ether oxygens (including phenoxy) is 1. The van der Waals surface area contributed by atoms with Crippen LogP contribution >= 0.6 is 15.9 Å². The number of rotatable bonds is 2. The van der Waals surface area contributed by atoms with Gasteiger partial charge in [-0.15, -0.1) is 0 Å². The molecule has 0 unspecified atom stereocenters. The first-order valence-corrected chi connectivity index (χ1v) is 6.13. The maximum Gasteiger partial charge on any atom is 0.417 e. The fourth-order valence-corrected chi connectivity index (χ4v) is 1.66. The van der Waals surface area contributed by atoms with Crippen LogP contribution in [0.1, 0.15) is 11.1 Å². The largest absolute Gasteiger partial charge is 0.439 e. The molecule has 0 radical (unpaired) electrons. The third kappa shape index (κ3) is 3.47. The second-order valence-electron chi connectivity index (χ2n) is 3.90. The van der Waals surface area contributed by atoms with Crippen LogP contribution in [0.25, 0.3) is 0 Å². The van der Waals surface area contributed by atoms with Gasteiger partial charge >= 0.3 is 6.18 Å². The average molecular weight is 332 g/mol. The highest BCUT2D eigenvalue weighted by molar-refractivity contribution is 9.10. The van der Waals surface area contributed by atoms with Crippen molar-refractivity contribution < 1.29 is 17.9 Å². The summed E-state index contributed by atoms with van der Waals surface area (Å²) in [6, 6.07) is 7.41. The van der Waals surface area contributed by atoms with Gasteiger partial charge in [0.2, 0.25) is 5.88 Å². The minimum atomic E-state index is -4.39. The van der Waals surface area contributed by atoms with Gasteiger partial charge in [0.25, 0.3) is 0 Å². The van der Waals surface area contributed by atoms with Gasteiger partial charge < -0.3 is 4.74 Å². The van der Waals surface area contributed by atoms with E-state index in [4.69, 9.17) is 4.74 Å². The Morgan fingerprint density at radius 2 is 1.89 bits per heavy atom. The summed E-state index contributed by atoms with van der Waals surface area (Å²) >= 11 is 3.35. The summed E-state index contributed by atoms with van der Waals surface area (Å²) < 4.78 is 43.4. The molecule has 0 saturated heterocycles. The highest BCUT2D eigenvalue weighted by Crippen LogP contribution is 2.30. The predicted molar refractivity (Wildman–Crippen MR) is 68.2 cm³/mol. The first-order valence-electron chi connectivity index (χ1n) is 5.33. The van der Waals surface area contributed by atoms with Crippen molar-refractivity contribution in [1.29, 1.82) is 0 Å². The second kappa shape index (κ2) is 5.21. The summed E-state index contributed by atoms with van der Waals surface area (Å²) in [4.78, 5) is 3.64. The molecular weight excluding hydrogens is 323 g/mol. The lowest BCUT2D eigenvalue weighted by Gasteiger charge is -2.08. The number of alkyl halides is 3. The molecule has 1 heterocycles. The lowest BCUT2D eigenvalue weighted by Crippen LogP contribution is -2.05. The van der Waals surface area contributed by atoms with Crippen molar-refractivity contribution in [2.45, 2.75) is 13.1 Å². The van der Waals surface area contributed by atoms with Gasteiger partial charge in [-0.05, 0) is 36.8 Å². The standard InChI is InChI=1S/C13H9BrF3NO/c1-8-6-10(3-4-11(8)14)19-12-5-2-9(7-18-12)13(15,16)17/h2-7H,1H3. The minimum absolute atomic E-state index is 0.120. The molecule has 2 aromatic rings. The van der Waals surface area contributed by atoms with Gasteiger partial charge in [-0.25, -0.2) is 4.98 Å². The first-order chi connectivity index (χ1) is 8.86. The molecule has 0 atom stereocenters. The number of hydrogen-bond donors (Lipinski definition) is 0. The Morgan fingerprint density at radius 3 is 2.42 bits per heavy atom. The van der Waals surface area contributed by atoms with Gasteiger partial charge in [-0.2, -0.15) is 13.2 Å². The zero-order chi connectivity index (χ0) is 14.0. The summed E-state index contributed by atoms with van der Waals surface area (Å²) in [5.74, 6) is 0.641. The highest BCUT2D eigenvalue weighted by Gasteiger charge is 2.30. The Morgan fingerprint density at radius 1 is 1.16 bits per heavy atom. The lowest BCUT2D eigenvalue weighted by molar-refractivity contribution is -0.137. The van der Waals surface area contributed by atoms with Crippen molar-refractivity contribution >= 4 is 15.9 Å². The maximum atomic E-state index is 12.4. The fourth-order valence-electron chi connectivity index (χ4n) is 1.41. The molecule has 0 aliphatic rings. The zero-order valence-corrected chi connectivity index (χ0v) is 11.4. The molecule has 1 aromatic carbocycles. The van der Waals surface area contributed by atoms with E-state index in [1.807, 2.05) is 6.92 Å². The molecule has 0 saturated carbocycles. The van der Waals surface area contributed by atoms with Crippen molar-refractivity contribution in [2.24, 2.45) is 0 Å². The Labute approximate surface area is 116 Å². The number of benzene rings is 1. The molecule has 2 nitrogen and oxygen atoms in total. The molecule has 0 spiro atoms. The van der Waals surface area contributed by atoms with Crippen LogP contribution in [-0.4, -0.2) is 4.98 Å². The third-order valence-corrected chi connectivity index (χ3v) is 3.31. The van der Waals surface area contributed by atoms with E-state index in [1.54, 1.807) is 18.2 Å². The molecule has 1 aromatic heterocycles.